The first-order valence-corrected chi connectivity index (χ1v) is 9.02. The number of non-ortho nitro benzene ring substituents is 1. The molecular weight excluding hydrogens is 372 g/mol. The molecule has 134 valence electrons. The summed E-state index contributed by atoms with van der Waals surface area (Å²) in [7, 11) is 0. The highest BCUT2D eigenvalue weighted by molar-refractivity contribution is 8.26. The zero-order valence-corrected chi connectivity index (χ0v) is 16.0. The molecule has 1 aromatic carbocycles. The summed E-state index contributed by atoms with van der Waals surface area (Å²) in [5.41, 5.74) is 0.355. The zero-order chi connectivity index (χ0) is 19.1. The molecule has 6 nitrogen and oxygen atoms in total. The van der Waals surface area contributed by atoms with E-state index in [1.54, 1.807) is 35.2 Å². The van der Waals surface area contributed by atoms with Crippen molar-refractivity contribution < 1.29 is 14.1 Å². The quantitative estimate of drug-likeness (QED) is 0.324. The van der Waals surface area contributed by atoms with Crippen molar-refractivity contribution in [3.05, 3.63) is 57.2 Å². The molecule has 2 heterocycles. The predicted octanol–water partition coefficient (Wildman–Crippen LogP) is 4.85. The Morgan fingerprint density at radius 1 is 1.19 bits per heavy atom. The summed E-state index contributed by atoms with van der Waals surface area (Å²) in [6.07, 6.45) is 1.67. The van der Waals surface area contributed by atoms with E-state index in [0.717, 1.165) is 5.56 Å². The van der Waals surface area contributed by atoms with E-state index in [1.165, 1.54) is 23.9 Å². The van der Waals surface area contributed by atoms with Gasteiger partial charge in [0.05, 0.1) is 9.83 Å². The van der Waals surface area contributed by atoms with Crippen molar-refractivity contribution in [1.29, 1.82) is 0 Å². The molecule has 1 aliphatic rings. The van der Waals surface area contributed by atoms with Gasteiger partial charge in [0.25, 0.3) is 11.6 Å². The molecule has 0 bridgehead atoms. The minimum absolute atomic E-state index is 0.0198. The van der Waals surface area contributed by atoms with Crippen molar-refractivity contribution in [2.75, 3.05) is 0 Å². The fraction of sp³-hybridized carbons (Fsp3) is 0.222. The molecule has 0 aliphatic carbocycles. The monoisotopic (exact) mass is 388 g/mol. The van der Waals surface area contributed by atoms with E-state index in [0.29, 0.717) is 20.7 Å². The summed E-state index contributed by atoms with van der Waals surface area (Å²) >= 11 is 6.56. The third-order valence-corrected chi connectivity index (χ3v) is 5.03. The zero-order valence-electron chi connectivity index (χ0n) is 14.4. The van der Waals surface area contributed by atoms with Crippen LogP contribution in [0.2, 0.25) is 0 Å². The molecule has 0 spiro atoms. The number of hydrogen-bond acceptors (Lipinski definition) is 6. The number of amides is 1. The van der Waals surface area contributed by atoms with Crippen molar-refractivity contribution in [3.63, 3.8) is 0 Å². The van der Waals surface area contributed by atoms with E-state index < -0.39 is 4.92 Å². The maximum Gasteiger partial charge on any atom is 0.269 e. The van der Waals surface area contributed by atoms with Gasteiger partial charge in [-0.1, -0.05) is 24.0 Å². The number of thiocarbonyl (C=S) groups is 1. The Morgan fingerprint density at radius 2 is 1.85 bits per heavy atom. The Balaban J connectivity index is 1.84. The summed E-state index contributed by atoms with van der Waals surface area (Å²) in [6, 6.07) is 9.61. The average Bonchev–Trinajstić information content (AvgIpc) is 3.12. The van der Waals surface area contributed by atoms with Crippen LogP contribution in [-0.2, 0) is 4.79 Å². The van der Waals surface area contributed by atoms with Gasteiger partial charge in [0.1, 0.15) is 15.8 Å². The predicted molar refractivity (Wildman–Crippen MR) is 106 cm³/mol. The Morgan fingerprint density at radius 3 is 2.38 bits per heavy atom. The summed E-state index contributed by atoms with van der Waals surface area (Å²) in [5, 5.41) is 10.7. The Labute approximate surface area is 160 Å². The molecule has 3 rings (SSSR count). The van der Waals surface area contributed by atoms with E-state index in [2.05, 4.69) is 0 Å². The number of hydrogen-bond donors (Lipinski definition) is 0. The second-order valence-electron chi connectivity index (χ2n) is 6.69. The number of nitro groups is 1. The van der Waals surface area contributed by atoms with Gasteiger partial charge in [-0.05, 0) is 45.0 Å². The molecule has 0 saturated carbocycles. The van der Waals surface area contributed by atoms with Crippen molar-refractivity contribution in [1.82, 2.24) is 4.90 Å². The van der Waals surface area contributed by atoms with Crippen molar-refractivity contribution in [3.8, 4) is 11.3 Å². The van der Waals surface area contributed by atoms with E-state index in [1.807, 2.05) is 20.8 Å². The van der Waals surface area contributed by atoms with Crippen LogP contribution in [0.5, 0.6) is 0 Å². The smallest absolute Gasteiger partial charge is 0.269 e. The van der Waals surface area contributed by atoms with E-state index in [-0.39, 0.29) is 17.1 Å². The SMILES string of the molecule is CC(C)(C)N1C(=O)C(=Cc2ccc(-c3ccc([N+](=O)[O-])cc3)o2)SC1=S. The molecule has 1 amide bonds. The van der Waals surface area contributed by atoms with Crippen LogP contribution in [0.3, 0.4) is 0 Å². The minimum Gasteiger partial charge on any atom is -0.457 e. The van der Waals surface area contributed by atoms with E-state index in [9.17, 15) is 14.9 Å². The van der Waals surface area contributed by atoms with Crippen LogP contribution in [0.25, 0.3) is 17.4 Å². The third-order valence-electron chi connectivity index (χ3n) is 3.73. The molecule has 1 fully saturated rings. The van der Waals surface area contributed by atoms with Gasteiger partial charge in [0.2, 0.25) is 0 Å². The van der Waals surface area contributed by atoms with Crippen LogP contribution in [0, 0.1) is 10.1 Å². The highest BCUT2D eigenvalue weighted by Crippen LogP contribution is 2.37. The Hall–Kier alpha value is -2.45. The highest BCUT2D eigenvalue weighted by Gasteiger charge is 2.39. The Bertz CT molecular complexity index is 923. The first-order chi connectivity index (χ1) is 12.2. The largest absolute Gasteiger partial charge is 0.457 e. The first kappa shape index (κ1) is 18.3. The van der Waals surface area contributed by atoms with Gasteiger partial charge in [-0.25, -0.2) is 0 Å². The van der Waals surface area contributed by atoms with Gasteiger partial charge < -0.3 is 4.42 Å². The van der Waals surface area contributed by atoms with E-state index >= 15 is 0 Å². The van der Waals surface area contributed by atoms with Gasteiger partial charge in [-0.3, -0.25) is 19.8 Å². The maximum absolute atomic E-state index is 12.6. The van der Waals surface area contributed by atoms with Crippen molar-refractivity contribution in [2.24, 2.45) is 0 Å². The van der Waals surface area contributed by atoms with Gasteiger partial charge in [0.15, 0.2) is 0 Å². The lowest BCUT2D eigenvalue weighted by molar-refractivity contribution is -0.384. The number of benzene rings is 1. The van der Waals surface area contributed by atoms with Gasteiger partial charge >= 0.3 is 0 Å². The van der Waals surface area contributed by atoms with Crippen LogP contribution in [0.4, 0.5) is 5.69 Å². The van der Waals surface area contributed by atoms with Gasteiger partial charge in [-0.2, -0.15) is 0 Å². The number of carbonyl (C=O) groups is 1. The first-order valence-electron chi connectivity index (χ1n) is 7.79. The molecule has 2 aromatic rings. The van der Waals surface area contributed by atoms with E-state index in [4.69, 9.17) is 16.6 Å². The maximum atomic E-state index is 12.6. The van der Waals surface area contributed by atoms with Crippen LogP contribution >= 0.6 is 24.0 Å². The molecule has 0 radical (unpaired) electrons. The van der Waals surface area contributed by atoms with Crippen LogP contribution in [-0.4, -0.2) is 25.6 Å². The number of thioether (sulfide) groups is 1. The normalized spacial score (nSPS) is 16.6. The summed E-state index contributed by atoms with van der Waals surface area (Å²) in [4.78, 5) is 25.0. The summed E-state index contributed by atoms with van der Waals surface area (Å²) in [5.74, 6) is 0.950. The number of furan rings is 1. The topological polar surface area (TPSA) is 76.6 Å². The second-order valence-corrected chi connectivity index (χ2v) is 8.37. The molecule has 8 heteroatoms. The highest BCUT2D eigenvalue weighted by atomic mass is 32.2. The standard InChI is InChI=1S/C18H16N2O4S2/c1-18(2,3)19-16(21)15(26-17(19)25)10-13-8-9-14(24-13)11-4-6-12(7-5-11)20(22)23/h4-10H,1-3H3. The lowest BCUT2D eigenvalue weighted by Crippen LogP contribution is -2.44. The minimum atomic E-state index is -0.450. The van der Waals surface area contributed by atoms with Crippen LogP contribution in [0.1, 0.15) is 26.5 Å². The third kappa shape index (κ3) is 3.56. The lowest BCUT2D eigenvalue weighted by atomic mass is 10.1. The molecule has 0 N–H and O–H groups in total. The van der Waals surface area contributed by atoms with Crippen molar-refractivity contribution in [2.45, 2.75) is 26.3 Å². The average molecular weight is 388 g/mol. The molecule has 0 unspecified atom stereocenters. The van der Waals surface area contributed by atoms with Gasteiger partial charge in [-0.15, -0.1) is 0 Å². The molecule has 1 aliphatic heterocycles. The molecule has 1 saturated heterocycles. The summed E-state index contributed by atoms with van der Waals surface area (Å²) in [6.45, 7) is 5.79. The molecule has 26 heavy (non-hydrogen) atoms. The second kappa shape index (κ2) is 6.69. The fourth-order valence-electron chi connectivity index (χ4n) is 2.51. The van der Waals surface area contributed by atoms with Crippen molar-refractivity contribution >= 4 is 46.0 Å². The number of nitrogens with zero attached hydrogens (tertiary/aromatic N) is 2. The van der Waals surface area contributed by atoms with Crippen LogP contribution < -0.4 is 0 Å². The van der Waals surface area contributed by atoms with Crippen LogP contribution in [0.15, 0.2) is 45.7 Å². The molecular formula is C18H16N2O4S2. The summed E-state index contributed by atoms with van der Waals surface area (Å²) < 4.78 is 6.29. The molecule has 0 atom stereocenters. The fourth-order valence-corrected chi connectivity index (χ4v) is 4.12. The molecule has 1 aromatic heterocycles. The number of rotatable bonds is 3. The number of nitro benzene ring substituents is 1. The lowest BCUT2D eigenvalue weighted by Gasteiger charge is -2.30. The Kier molecular flexibility index (Phi) is 4.72. The number of carbonyl (C=O) groups excluding carboxylic acids is 1. The van der Waals surface area contributed by atoms with Gasteiger partial charge in [0, 0.05) is 29.3 Å².